The molecule has 0 amide bonds. The van der Waals surface area contributed by atoms with Gasteiger partial charge < -0.3 is 4.57 Å². The van der Waals surface area contributed by atoms with Gasteiger partial charge in [-0.15, -0.1) is 10.2 Å². The van der Waals surface area contributed by atoms with E-state index in [0.29, 0.717) is 17.4 Å². The van der Waals surface area contributed by atoms with Crippen LogP contribution in [0.5, 0.6) is 0 Å². The summed E-state index contributed by atoms with van der Waals surface area (Å²) < 4.78 is 28.1. The van der Waals surface area contributed by atoms with Gasteiger partial charge in [0.15, 0.2) is 15.7 Å². The molecule has 182 valence electrons. The van der Waals surface area contributed by atoms with E-state index in [4.69, 9.17) is 0 Å². The summed E-state index contributed by atoms with van der Waals surface area (Å²) in [5.41, 5.74) is 3.50. The molecule has 0 spiro atoms. The average Bonchev–Trinajstić information content (AvgIpc) is 3.57. The van der Waals surface area contributed by atoms with E-state index in [1.165, 1.54) is 18.4 Å². The predicted octanol–water partition coefficient (Wildman–Crippen LogP) is 5.83. The molecule has 34 heavy (non-hydrogen) atoms. The minimum atomic E-state index is -3.53. The molecular weight excluding hydrogens is 444 g/mol. The monoisotopic (exact) mass is 480 g/mol. The minimum Gasteiger partial charge on any atom is -0.313 e. The number of hydrogen-bond acceptors (Lipinski definition) is 5. The lowest BCUT2D eigenvalue weighted by Gasteiger charge is -2.38. The number of hydrogen-bond donors (Lipinski definition) is 0. The van der Waals surface area contributed by atoms with Crippen LogP contribution in [0.15, 0.2) is 41.4 Å². The van der Waals surface area contributed by atoms with Gasteiger partial charge in [-0.05, 0) is 46.8 Å². The van der Waals surface area contributed by atoms with Crippen LogP contribution < -0.4 is 0 Å². The number of nitrogens with zero attached hydrogens (tertiary/aromatic N) is 4. The van der Waals surface area contributed by atoms with Crippen LogP contribution in [0, 0.1) is 10.8 Å². The van der Waals surface area contributed by atoms with Gasteiger partial charge >= 0.3 is 0 Å². The van der Waals surface area contributed by atoms with Gasteiger partial charge in [0.2, 0.25) is 0 Å². The summed E-state index contributed by atoms with van der Waals surface area (Å²) in [6, 6.07) is 10.1. The molecule has 0 unspecified atom stereocenters. The van der Waals surface area contributed by atoms with Gasteiger partial charge in [0.05, 0.1) is 10.6 Å². The second-order valence-electron chi connectivity index (χ2n) is 11.2. The standard InChI is InChI=1S/C27H36N4O2S/c1-8-34(32,33)22-15-21(20-13-11-19(12-14-20)18-9-10-18)17-28-24(22)25-30-29-23(31(25)7)16-27(5,6)26(2,3)4/h11-15,17-18H,8-10,16H2,1-7H3. The highest BCUT2D eigenvalue weighted by atomic mass is 32.2. The van der Waals surface area contributed by atoms with Crippen LogP contribution in [0.3, 0.4) is 0 Å². The number of benzene rings is 1. The fourth-order valence-corrected chi connectivity index (χ4v) is 4.97. The van der Waals surface area contributed by atoms with E-state index >= 15 is 0 Å². The molecule has 4 rings (SSSR count). The molecule has 1 aliphatic rings. The van der Waals surface area contributed by atoms with Crippen molar-refractivity contribution < 1.29 is 8.42 Å². The van der Waals surface area contributed by atoms with Crippen molar-refractivity contribution in [2.24, 2.45) is 17.9 Å². The molecule has 2 heterocycles. The van der Waals surface area contributed by atoms with Crippen molar-refractivity contribution in [2.45, 2.75) is 71.6 Å². The van der Waals surface area contributed by atoms with E-state index in [-0.39, 0.29) is 21.5 Å². The van der Waals surface area contributed by atoms with Crippen molar-refractivity contribution in [3.63, 3.8) is 0 Å². The highest BCUT2D eigenvalue weighted by Gasteiger charge is 2.35. The SMILES string of the molecule is CCS(=O)(=O)c1cc(-c2ccc(C3CC3)cc2)cnc1-c1nnc(CC(C)(C)C(C)(C)C)n1C. The molecule has 0 atom stereocenters. The summed E-state index contributed by atoms with van der Waals surface area (Å²) >= 11 is 0. The fraction of sp³-hybridized carbons (Fsp3) is 0.519. The van der Waals surface area contributed by atoms with Crippen molar-refractivity contribution >= 4 is 9.84 Å². The third kappa shape index (κ3) is 4.67. The molecule has 1 saturated carbocycles. The van der Waals surface area contributed by atoms with E-state index in [2.05, 4.69) is 74.1 Å². The second kappa shape index (κ2) is 8.59. The number of rotatable bonds is 7. The van der Waals surface area contributed by atoms with Crippen molar-refractivity contribution in [3.05, 3.63) is 47.9 Å². The van der Waals surface area contributed by atoms with E-state index in [1.54, 1.807) is 19.2 Å². The quantitative estimate of drug-likeness (QED) is 0.425. The van der Waals surface area contributed by atoms with Crippen LogP contribution >= 0.6 is 0 Å². The van der Waals surface area contributed by atoms with Gasteiger partial charge in [-0.2, -0.15) is 0 Å². The van der Waals surface area contributed by atoms with Crippen LogP contribution in [0.25, 0.3) is 22.6 Å². The van der Waals surface area contributed by atoms with Gasteiger partial charge in [0, 0.05) is 25.2 Å². The van der Waals surface area contributed by atoms with Gasteiger partial charge in [0.25, 0.3) is 0 Å². The molecule has 0 saturated heterocycles. The van der Waals surface area contributed by atoms with Crippen LogP contribution in [0.2, 0.25) is 0 Å². The summed E-state index contributed by atoms with van der Waals surface area (Å²) in [5.74, 6) is 1.96. The number of aromatic nitrogens is 4. The van der Waals surface area contributed by atoms with E-state index in [0.717, 1.165) is 23.4 Å². The Balaban J connectivity index is 1.76. The molecule has 7 heteroatoms. The predicted molar refractivity (Wildman–Crippen MR) is 136 cm³/mol. The topological polar surface area (TPSA) is 77.7 Å². The average molecular weight is 481 g/mol. The summed E-state index contributed by atoms with van der Waals surface area (Å²) in [6.45, 7) is 12.7. The zero-order valence-electron chi connectivity index (χ0n) is 21.4. The van der Waals surface area contributed by atoms with Gasteiger partial charge in [-0.1, -0.05) is 65.8 Å². The van der Waals surface area contributed by atoms with Crippen LogP contribution in [0.4, 0.5) is 0 Å². The highest BCUT2D eigenvalue weighted by molar-refractivity contribution is 7.91. The van der Waals surface area contributed by atoms with Gasteiger partial charge in [0.1, 0.15) is 11.5 Å². The molecule has 6 nitrogen and oxygen atoms in total. The van der Waals surface area contributed by atoms with E-state index in [1.807, 2.05) is 11.6 Å². The zero-order chi connectivity index (χ0) is 24.9. The van der Waals surface area contributed by atoms with E-state index in [9.17, 15) is 8.42 Å². The fourth-order valence-electron chi connectivity index (χ4n) is 3.91. The molecule has 3 aromatic rings. The Bertz CT molecular complexity index is 1300. The van der Waals surface area contributed by atoms with Crippen molar-refractivity contribution in [1.82, 2.24) is 19.7 Å². The van der Waals surface area contributed by atoms with Gasteiger partial charge in [-0.3, -0.25) is 4.98 Å². The van der Waals surface area contributed by atoms with Crippen molar-refractivity contribution in [3.8, 4) is 22.6 Å². The third-order valence-electron chi connectivity index (χ3n) is 7.67. The second-order valence-corrected chi connectivity index (χ2v) is 13.4. The third-order valence-corrected chi connectivity index (χ3v) is 9.41. The first-order chi connectivity index (χ1) is 15.8. The minimum absolute atomic E-state index is 0.00643. The Morgan fingerprint density at radius 3 is 2.21 bits per heavy atom. The first kappa shape index (κ1) is 24.6. The Morgan fingerprint density at radius 1 is 1.00 bits per heavy atom. The Labute approximate surface area is 203 Å². The summed E-state index contributed by atoms with van der Waals surface area (Å²) in [4.78, 5) is 4.83. The number of pyridine rings is 1. The van der Waals surface area contributed by atoms with Crippen molar-refractivity contribution in [1.29, 1.82) is 0 Å². The lowest BCUT2D eigenvalue weighted by atomic mass is 9.67. The number of sulfone groups is 1. The largest absolute Gasteiger partial charge is 0.313 e. The Kier molecular flexibility index (Phi) is 6.21. The Morgan fingerprint density at radius 2 is 1.65 bits per heavy atom. The lowest BCUT2D eigenvalue weighted by molar-refractivity contribution is 0.128. The summed E-state index contributed by atoms with van der Waals surface area (Å²) in [7, 11) is -1.64. The molecule has 0 N–H and O–H groups in total. The summed E-state index contributed by atoms with van der Waals surface area (Å²) in [6.07, 6.45) is 4.97. The first-order valence-corrected chi connectivity index (χ1v) is 13.7. The molecule has 2 aromatic heterocycles. The smallest absolute Gasteiger partial charge is 0.183 e. The van der Waals surface area contributed by atoms with Crippen LogP contribution in [0.1, 0.15) is 71.7 Å². The molecule has 1 aromatic carbocycles. The Hall–Kier alpha value is -2.54. The maximum Gasteiger partial charge on any atom is 0.183 e. The highest BCUT2D eigenvalue weighted by Crippen LogP contribution is 2.42. The molecular formula is C27H36N4O2S. The maximum atomic E-state index is 13.1. The maximum absolute atomic E-state index is 13.1. The molecule has 0 aliphatic heterocycles. The normalized spacial score (nSPS) is 15.0. The molecule has 1 aliphatic carbocycles. The van der Waals surface area contributed by atoms with Gasteiger partial charge in [-0.25, -0.2) is 8.42 Å². The zero-order valence-corrected chi connectivity index (χ0v) is 22.2. The lowest BCUT2D eigenvalue weighted by Crippen LogP contribution is -2.32. The summed E-state index contributed by atoms with van der Waals surface area (Å²) in [5, 5.41) is 8.82. The van der Waals surface area contributed by atoms with Crippen molar-refractivity contribution in [2.75, 3.05) is 5.75 Å². The first-order valence-electron chi connectivity index (χ1n) is 12.1. The molecule has 0 radical (unpaired) electrons. The van der Waals surface area contributed by atoms with Crippen LogP contribution in [-0.4, -0.2) is 33.9 Å². The van der Waals surface area contributed by atoms with E-state index < -0.39 is 9.84 Å². The van der Waals surface area contributed by atoms with Crippen LogP contribution in [-0.2, 0) is 23.3 Å². The molecule has 0 bridgehead atoms. The molecule has 1 fully saturated rings.